The highest BCUT2D eigenvalue weighted by Crippen LogP contribution is 1.91. The number of hydrogen-bond acceptors (Lipinski definition) is 2. The third-order valence-corrected chi connectivity index (χ3v) is 2.36. The molecule has 0 radical (unpaired) electrons. The first kappa shape index (κ1) is 14.2. The fourth-order valence-electron chi connectivity index (χ4n) is 1.37. The summed E-state index contributed by atoms with van der Waals surface area (Å²) in [5.74, 6) is 0. The van der Waals surface area contributed by atoms with Gasteiger partial charge in [0.2, 0.25) is 0 Å². The highest BCUT2D eigenvalue weighted by Gasteiger charge is 2.06. The fraction of sp³-hybridized carbons (Fsp3) is 0.909. The van der Waals surface area contributed by atoms with E-state index in [1.807, 2.05) is 13.8 Å². The monoisotopic (exact) mass is 215 g/mol. The van der Waals surface area contributed by atoms with Gasteiger partial charge in [0.1, 0.15) is 0 Å². The summed E-state index contributed by atoms with van der Waals surface area (Å²) in [6.45, 7) is 7.41. The number of urea groups is 1. The minimum Gasteiger partial charge on any atom is -0.338 e. The molecule has 4 nitrogen and oxygen atoms in total. The number of rotatable bonds is 7. The third kappa shape index (κ3) is 7.19. The zero-order chi connectivity index (χ0) is 11.7. The molecule has 0 saturated carbocycles. The van der Waals surface area contributed by atoms with Crippen LogP contribution in [-0.2, 0) is 0 Å². The molecule has 15 heavy (non-hydrogen) atoms. The van der Waals surface area contributed by atoms with E-state index in [2.05, 4.69) is 24.3 Å². The van der Waals surface area contributed by atoms with Gasteiger partial charge in [-0.2, -0.15) is 0 Å². The first-order chi connectivity index (χ1) is 7.11. The van der Waals surface area contributed by atoms with E-state index in [4.69, 9.17) is 0 Å². The Morgan fingerprint density at radius 1 is 1.13 bits per heavy atom. The maximum absolute atomic E-state index is 11.5. The Morgan fingerprint density at radius 3 is 2.20 bits per heavy atom. The molecular weight excluding hydrogens is 190 g/mol. The number of carbonyl (C=O) groups excluding carboxylic acids is 1. The molecule has 1 N–H and O–H groups in total. The summed E-state index contributed by atoms with van der Waals surface area (Å²) in [6, 6.07) is 0.0600. The standard InChI is InChI=1S/C11H25N3O/c1-5-14(6-2)11(15)12-9-7-8-10-13(3)4/h5-10H2,1-4H3,(H,12,15). The van der Waals surface area contributed by atoms with Crippen molar-refractivity contribution in [3.05, 3.63) is 0 Å². The van der Waals surface area contributed by atoms with Gasteiger partial charge in [-0.15, -0.1) is 0 Å². The van der Waals surface area contributed by atoms with Crippen LogP contribution in [0.1, 0.15) is 26.7 Å². The van der Waals surface area contributed by atoms with E-state index < -0.39 is 0 Å². The molecule has 0 atom stereocenters. The molecule has 0 aliphatic carbocycles. The number of hydrogen-bond donors (Lipinski definition) is 1. The summed E-state index contributed by atoms with van der Waals surface area (Å²) in [7, 11) is 4.13. The van der Waals surface area contributed by atoms with E-state index >= 15 is 0 Å². The number of carbonyl (C=O) groups is 1. The highest BCUT2D eigenvalue weighted by atomic mass is 16.2. The van der Waals surface area contributed by atoms with Gasteiger partial charge in [0, 0.05) is 19.6 Å². The Morgan fingerprint density at radius 2 is 1.73 bits per heavy atom. The fourth-order valence-corrected chi connectivity index (χ4v) is 1.37. The van der Waals surface area contributed by atoms with E-state index in [1.54, 1.807) is 4.90 Å². The molecule has 0 aliphatic rings. The van der Waals surface area contributed by atoms with Gasteiger partial charge in [-0.25, -0.2) is 4.79 Å². The normalized spacial score (nSPS) is 10.5. The van der Waals surface area contributed by atoms with E-state index in [0.29, 0.717) is 0 Å². The van der Waals surface area contributed by atoms with Gasteiger partial charge in [0.05, 0.1) is 0 Å². The van der Waals surface area contributed by atoms with E-state index in [0.717, 1.165) is 39.0 Å². The predicted octanol–water partition coefficient (Wildman–Crippen LogP) is 1.38. The Bertz CT molecular complexity index is 167. The minimum atomic E-state index is 0.0600. The molecule has 0 rings (SSSR count). The molecule has 0 aromatic carbocycles. The highest BCUT2D eigenvalue weighted by molar-refractivity contribution is 5.73. The molecular formula is C11H25N3O. The predicted molar refractivity (Wildman–Crippen MR) is 64.1 cm³/mol. The zero-order valence-corrected chi connectivity index (χ0v) is 10.5. The van der Waals surface area contributed by atoms with Crippen LogP contribution in [0.2, 0.25) is 0 Å². The zero-order valence-electron chi connectivity index (χ0n) is 10.5. The second-order valence-corrected chi connectivity index (χ2v) is 3.91. The maximum Gasteiger partial charge on any atom is 0.317 e. The van der Waals surface area contributed by atoms with Crippen LogP contribution in [0.25, 0.3) is 0 Å². The van der Waals surface area contributed by atoms with Crippen molar-refractivity contribution in [1.82, 2.24) is 15.1 Å². The van der Waals surface area contributed by atoms with E-state index in [9.17, 15) is 4.79 Å². The van der Waals surface area contributed by atoms with Crippen LogP contribution in [-0.4, -0.2) is 56.1 Å². The van der Waals surface area contributed by atoms with Crippen molar-refractivity contribution in [3.8, 4) is 0 Å². The summed E-state index contributed by atoms with van der Waals surface area (Å²) < 4.78 is 0. The largest absolute Gasteiger partial charge is 0.338 e. The molecule has 0 unspecified atom stereocenters. The Labute approximate surface area is 93.6 Å². The van der Waals surface area contributed by atoms with Gasteiger partial charge in [0.15, 0.2) is 0 Å². The molecule has 0 aromatic rings. The minimum absolute atomic E-state index is 0.0600. The van der Waals surface area contributed by atoms with Crippen LogP contribution in [0.15, 0.2) is 0 Å². The number of unbranched alkanes of at least 4 members (excludes halogenated alkanes) is 1. The number of nitrogens with zero attached hydrogens (tertiary/aromatic N) is 2. The van der Waals surface area contributed by atoms with Gasteiger partial charge >= 0.3 is 6.03 Å². The number of nitrogens with one attached hydrogen (secondary N) is 1. The molecule has 0 bridgehead atoms. The topological polar surface area (TPSA) is 35.6 Å². The van der Waals surface area contributed by atoms with Crippen LogP contribution < -0.4 is 5.32 Å². The second-order valence-electron chi connectivity index (χ2n) is 3.91. The van der Waals surface area contributed by atoms with Crippen molar-refractivity contribution < 1.29 is 4.79 Å². The smallest absolute Gasteiger partial charge is 0.317 e. The summed E-state index contributed by atoms with van der Waals surface area (Å²) in [5, 5.41) is 2.93. The summed E-state index contributed by atoms with van der Waals surface area (Å²) in [5.41, 5.74) is 0. The van der Waals surface area contributed by atoms with Crippen LogP contribution in [0.3, 0.4) is 0 Å². The number of amides is 2. The average Bonchev–Trinajstić information content (AvgIpc) is 2.18. The van der Waals surface area contributed by atoms with Gasteiger partial charge in [0.25, 0.3) is 0 Å². The van der Waals surface area contributed by atoms with Crippen LogP contribution in [0.4, 0.5) is 4.79 Å². The van der Waals surface area contributed by atoms with Crippen molar-refractivity contribution in [2.75, 3.05) is 40.3 Å². The average molecular weight is 215 g/mol. The molecule has 0 fully saturated rings. The molecule has 4 heteroatoms. The maximum atomic E-state index is 11.5. The van der Waals surface area contributed by atoms with Crippen molar-refractivity contribution in [1.29, 1.82) is 0 Å². The van der Waals surface area contributed by atoms with Crippen LogP contribution in [0, 0.1) is 0 Å². The Hall–Kier alpha value is -0.770. The lowest BCUT2D eigenvalue weighted by atomic mass is 10.3. The van der Waals surface area contributed by atoms with Gasteiger partial charge in [-0.3, -0.25) is 0 Å². The van der Waals surface area contributed by atoms with E-state index in [-0.39, 0.29) is 6.03 Å². The van der Waals surface area contributed by atoms with Crippen molar-refractivity contribution in [2.24, 2.45) is 0 Å². The molecule has 0 saturated heterocycles. The first-order valence-corrected chi connectivity index (χ1v) is 5.79. The summed E-state index contributed by atoms with van der Waals surface area (Å²) in [4.78, 5) is 15.5. The summed E-state index contributed by atoms with van der Waals surface area (Å²) in [6.07, 6.45) is 2.18. The SMILES string of the molecule is CCN(CC)C(=O)NCCCCN(C)C. The molecule has 0 heterocycles. The van der Waals surface area contributed by atoms with Gasteiger partial charge in [-0.05, 0) is 47.3 Å². The lowest BCUT2D eigenvalue weighted by Crippen LogP contribution is -2.40. The van der Waals surface area contributed by atoms with Crippen LogP contribution in [0.5, 0.6) is 0 Å². The third-order valence-electron chi connectivity index (χ3n) is 2.36. The van der Waals surface area contributed by atoms with Gasteiger partial charge < -0.3 is 15.1 Å². The molecule has 0 aromatic heterocycles. The van der Waals surface area contributed by atoms with Crippen molar-refractivity contribution in [2.45, 2.75) is 26.7 Å². The molecule has 0 aliphatic heterocycles. The van der Waals surface area contributed by atoms with Crippen LogP contribution >= 0.6 is 0 Å². The first-order valence-electron chi connectivity index (χ1n) is 5.79. The summed E-state index contributed by atoms with van der Waals surface area (Å²) >= 11 is 0. The second kappa shape index (κ2) is 8.53. The lowest BCUT2D eigenvalue weighted by molar-refractivity contribution is 0.203. The Balaban J connectivity index is 3.46. The van der Waals surface area contributed by atoms with E-state index in [1.165, 1.54) is 0 Å². The molecule has 0 spiro atoms. The van der Waals surface area contributed by atoms with Gasteiger partial charge in [-0.1, -0.05) is 0 Å². The van der Waals surface area contributed by atoms with Crippen molar-refractivity contribution in [3.63, 3.8) is 0 Å². The lowest BCUT2D eigenvalue weighted by Gasteiger charge is -2.19. The molecule has 90 valence electrons. The quantitative estimate of drug-likeness (QED) is 0.651. The molecule has 2 amide bonds. The van der Waals surface area contributed by atoms with Crippen molar-refractivity contribution >= 4 is 6.03 Å². The Kier molecular flexibility index (Phi) is 8.09.